The van der Waals surface area contributed by atoms with E-state index in [0.717, 1.165) is 0 Å². The Labute approximate surface area is 138 Å². The highest BCUT2D eigenvalue weighted by molar-refractivity contribution is 6.06. The minimum Gasteiger partial charge on any atom is -0.433 e. The molecule has 0 bridgehead atoms. The van der Waals surface area contributed by atoms with Gasteiger partial charge in [-0.2, -0.15) is 8.78 Å². The van der Waals surface area contributed by atoms with Crippen molar-refractivity contribution >= 4 is 22.6 Å². The van der Waals surface area contributed by atoms with Gasteiger partial charge in [0.1, 0.15) is 5.75 Å². The van der Waals surface area contributed by atoms with Gasteiger partial charge >= 0.3 is 17.7 Å². The highest BCUT2D eigenvalue weighted by Gasteiger charge is 2.13. The van der Waals surface area contributed by atoms with Crippen molar-refractivity contribution in [1.29, 1.82) is 0 Å². The van der Waals surface area contributed by atoms with Gasteiger partial charge in [0.15, 0.2) is 0 Å². The molecule has 0 unspecified atom stereocenters. The van der Waals surface area contributed by atoms with Gasteiger partial charge in [-0.3, -0.25) is 14.4 Å². The smallest absolute Gasteiger partial charge is 0.387 e. The van der Waals surface area contributed by atoms with E-state index in [-0.39, 0.29) is 22.5 Å². The summed E-state index contributed by atoms with van der Waals surface area (Å²) < 4.78 is 29.2. The van der Waals surface area contributed by atoms with E-state index in [1.165, 1.54) is 36.4 Å². The number of amides is 1. The lowest BCUT2D eigenvalue weighted by atomic mass is 10.1. The van der Waals surface area contributed by atoms with Crippen molar-refractivity contribution in [2.24, 2.45) is 0 Å². The van der Waals surface area contributed by atoms with Crippen LogP contribution in [0, 0.1) is 0 Å². The maximum absolute atomic E-state index is 12.4. The van der Waals surface area contributed by atoms with E-state index in [1.54, 1.807) is 6.07 Å². The maximum atomic E-state index is 12.4. The van der Waals surface area contributed by atoms with Gasteiger partial charge in [-0.15, -0.1) is 0 Å². The third-order valence-corrected chi connectivity index (χ3v) is 3.34. The van der Waals surface area contributed by atoms with Crippen LogP contribution in [0.25, 0.3) is 11.0 Å². The fourth-order valence-corrected chi connectivity index (χ4v) is 2.22. The molecule has 3 rings (SSSR count). The van der Waals surface area contributed by atoms with E-state index in [0.29, 0.717) is 5.52 Å². The van der Waals surface area contributed by atoms with E-state index in [2.05, 4.69) is 20.0 Å². The number of aromatic nitrogens is 2. The molecule has 0 saturated heterocycles. The molecule has 0 fully saturated rings. The Bertz CT molecular complexity index is 1060. The van der Waals surface area contributed by atoms with Gasteiger partial charge in [-0.05, 0) is 30.3 Å². The molecule has 9 heteroatoms. The quantitative estimate of drug-likeness (QED) is 0.629. The Hall–Kier alpha value is -3.49. The Morgan fingerprint density at radius 2 is 1.68 bits per heavy atom. The van der Waals surface area contributed by atoms with Gasteiger partial charge in [-0.1, -0.05) is 12.1 Å². The van der Waals surface area contributed by atoms with Crippen molar-refractivity contribution in [3.05, 3.63) is 68.7 Å². The largest absolute Gasteiger partial charge is 0.433 e. The second-order valence-corrected chi connectivity index (χ2v) is 5.00. The first-order chi connectivity index (χ1) is 11.9. The lowest BCUT2D eigenvalue weighted by molar-refractivity contribution is -0.0493. The lowest BCUT2D eigenvalue weighted by Gasteiger charge is -2.11. The molecule has 0 aliphatic heterocycles. The molecule has 0 aliphatic carbocycles. The van der Waals surface area contributed by atoms with Crippen LogP contribution in [0.15, 0.2) is 52.1 Å². The fraction of sp³-hybridized carbons (Fsp3) is 0.0625. The number of rotatable bonds is 4. The molecule has 7 nitrogen and oxygen atoms in total. The molecule has 3 N–H and O–H groups in total. The average molecular weight is 347 g/mol. The summed E-state index contributed by atoms with van der Waals surface area (Å²) in [4.78, 5) is 39.7. The van der Waals surface area contributed by atoms with Crippen LogP contribution in [-0.2, 0) is 0 Å². The van der Waals surface area contributed by atoms with Crippen molar-refractivity contribution in [3.8, 4) is 5.75 Å². The highest BCUT2D eigenvalue weighted by Crippen LogP contribution is 2.26. The zero-order chi connectivity index (χ0) is 18.0. The number of benzene rings is 2. The van der Waals surface area contributed by atoms with Gasteiger partial charge in [0, 0.05) is 5.56 Å². The SMILES string of the molecule is O=C(Nc1ccccc1OC(F)F)c1ccc2[nH]c(=O)c(=O)[nH]c2c1. The summed E-state index contributed by atoms with van der Waals surface area (Å²) in [7, 11) is 0. The molecule has 1 aromatic heterocycles. The summed E-state index contributed by atoms with van der Waals surface area (Å²) in [6, 6.07) is 9.98. The van der Waals surface area contributed by atoms with E-state index in [4.69, 9.17) is 0 Å². The van der Waals surface area contributed by atoms with Gasteiger partial charge in [0.05, 0.1) is 16.7 Å². The topological polar surface area (TPSA) is 104 Å². The number of aromatic amines is 2. The van der Waals surface area contributed by atoms with E-state index < -0.39 is 23.6 Å². The zero-order valence-corrected chi connectivity index (χ0v) is 12.5. The predicted octanol–water partition coefficient (Wildman–Crippen LogP) is 2.07. The predicted molar refractivity (Wildman–Crippen MR) is 86.2 cm³/mol. The van der Waals surface area contributed by atoms with Crippen LogP contribution in [0.3, 0.4) is 0 Å². The molecule has 128 valence electrons. The number of halogens is 2. The number of hydrogen-bond acceptors (Lipinski definition) is 4. The normalized spacial score (nSPS) is 10.8. The Balaban J connectivity index is 1.92. The Morgan fingerprint density at radius 1 is 1.00 bits per heavy atom. The van der Waals surface area contributed by atoms with Crippen LogP contribution in [0.2, 0.25) is 0 Å². The molecule has 2 aromatic carbocycles. The van der Waals surface area contributed by atoms with Crippen LogP contribution in [-0.4, -0.2) is 22.5 Å². The van der Waals surface area contributed by atoms with Crippen molar-refractivity contribution < 1.29 is 18.3 Å². The summed E-state index contributed by atoms with van der Waals surface area (Å²) >= 11 is 0. The minimum absolute atomic E-state index is 0.0721. The van der Waals surface area contributed by atoms with Crippen LogP contribution < -0.4 is 21.2 Å². The molecule has 0 atom stereocenters. The molecule has 25 heavy (non-hydrogen) atoms. The monoisotopic (exact) mass is 347 g/mol. The number of H-pyrrole nitrogens is 2. The van der Waals surface area contributed by atoms with Crippen LogP contribution >= 0.6 is 0 Å². The Morgan fingerprint density at radius 3 is 2.40 bits per heavy atom. The van der Waals surface area contributed by atoms with Gasteiger partial charge in [-0.25, -0.2) is 0 Å². The average Bonchev–Trinajstić information content (AvgIpc) is 2.57. The molecule has 1 amide bonds. The second-order valence-electron chi connectivity index (χ2n) is 5.00. The summed E-state index contributed by atoms with van der Waals surface area (Å²) in [6.07, 6.45) is 0. The van der Waals surface area contributed by atoms with Crippen molar-refractivity contribution in [2.45, 2.75) is 6.61 Å². The van der Waals surface area contributed by atoms with Gasteiger partial charge in [0.25, 0.3) is 5.91 Å². The van der Waals surface area contributed by atoms with E-state index >= 15 is 0 Å². The molecule has 0 spiro atoms. The maximum Gasteiger partial charge on any atom is 0.387 e. The van der Waals surface area contributed by atoms with Gasteiger partial charge in [0.2, 0.25) is 0 Å². The number of fused-ring (bicyclic) bond motifs is 1. The van der Waals surface area contributed by atoms with E-state index in [1.807, 2.05) is 0 Å². The third-order valence-electron chi connectivity index (χ3n) is 3.34. The number of para-hydroxylation sites is 2. The number of nitrogens with one attached hydrogen (secondary N) is 3. The number of ether oxygens (including phenoxy) is 1. The summed E-state index contributed by atoms with van der Waals surface area (Å²) in [6.45, 7) is -3.03. The summed E-state index contributed by atoms with van der Waals surface area (Å²) in [5.74, 6) is -0.774. The fourth-order valence-electron chi connectivity index (χ4n) is 2.22. The lowest BCUT2D eigenvalue weighted by Crippen LogP contribution is -2.29. The molecule has 3 aromatic rings. The number of anilines is 1. The number of carbonyl (C=O) groups is 1. The first-order valence-electron chi connectivity index (χ1n) is 7.05. The van der Waals surface area contributed by atoms with Crippen LogP contribution in [0.5, 0.6) is 5.75 Å². The number of carbonyl (C=O) groups excluding carboxylic acids is 1. The first-order valence-corrected chi connectivity index (χ1v) is 7.05. The van der Waals surface area contributed by atoms with Crippen LogP contribution in [0.1, 0.15) is 10.4 Å². The van der Waals surface area contributed by atoms with Crippen LogP contribution in [0.4, 0.5) is 14.5 Å². The van der Waals surface area contributed by atoms with Crippen molar-refractivity contribution in [2.75, 3.05) is 5.32 Å². The first kappa shape index (κ1) is 16.4. The minimum atomic E-state index is -3.03. The molecule has 0 aliphatic rings. The Kier molecular flexibility index (Phi) is 4.29. The molecule has 1 heterocycles. The highest BCUT2D eigenvalue weighted by atomic mass is 19.3. The van der Waals surface area contributed by atoms with Crippen molar-refractivity contribution in [3.63, 3.8) is 0 Å². The van der Waals surface area contributed by atoms with Gasteiger partial charge < -0.3 is 20.0 Å². The standard InChI is InChI=1S/C16H11F2N3O4/c17-16(18)25-12-4-2-1-3-10(12)20-13(22)8-5-6-9-11(7-8)21-15(24)14(23)19-9/h1-7,16H,(H,19,23)(H,20,22)(H,21,24). The van der Waals surface area contributed by atoms with Crippen molar-refractivity contribution in [1.82, 2.24) is 9.97 Å². The molecule has 0 radical (unpaired) electrons. The molecule has 0 saturated carbocycles. The second kappa shape index (κ2) is 6.56. The third kappa shape index (κ3) is 3.55. The molecular weight excluding hydrogens is 336 g/mol. The zero-order valence-electron chi connectivity index (χ0n) is 12.5. The number of alkyl halides is 2. The number of hydrogen-bond donors (Lipinski definition) is 3. The molecular formula is C16H11F2N3O4. The summed E-state index contributed by atoms with van der Waals surface area (Å²) in [5.41, 5.74) is -0.814. The summed E-state index contributed by atoms with van der Waals surface area (Å²) in [5, 5.41) is 2.46. The van der Waals surface area contributed by atoms with E-state index in [9.17, 15) is 23.2 Å².